The second kappa shape index (κ2) is 6.73. The average molecular weight is 286 g/mol. The normalized spacial score (nSPS) is 23.4. The maximum atomic E-state index is 12.6. The van der Waals surface area contributed by atoms with Crippen LogP contribution in [0.25, 0.3) is 0 Å². The predicted molar refractivity (Wildman–Crippen MR) is 80.5 cm³/mol. The largest absolute Gasteiger partial charge is 0.377 e. The molecule has 1 aromatic rings. The van der Waals surface area contributed by atoms with Crippen LogP contribution in [0, 0.1) is 17.2 Å². The molecule has 1 aliphatic heterocycles. The van der Waals surface area contributed by atoms with Crippen LogP contribution >= 0.6 is 0 Å². The van der Waals surface area contributed by atoms with Crippen molar-refractivity contribution >= 4 is 5.91 Å². The van der Waals surface area contributed by atoms with E-state index in [-0.39, 0.29) is 11.5 Å². The summed E-state index contributed by atoms with van der Waals surface area (Å²) in [7, 11) is 1.68. The fourth-order valence-electron chi connectivity index (χ4n) is 2.82. The molecular weight excluding hydrogens is 264 g/mol. The molecule has 112 valence electrons. The smallest absolute Gasteiger partial charge is 0.240 e. The first-order chi connectivity index (χ1) is 10.1. The number of amides is 1. The third-order valence-corrected chi connectivity index (χ3v) is 4.20. The minimum absolute atomic E-state index is 0.0793. The van der Waals surface area contributed by atoms with E-state index in [0.29, 0.717) is 19.5 Å². The van der Waals surface area contributed by atoms with Gasteiger partial charge < -0.3 is 9.64 Å². The van der Waals surface area contributed by atoms with Crippen molar-refractivity contribution < 1.29 is 9.53 Å². The number of ether oxygens (including phenoxy) is 1. The summed E-state index contributed by atoms with van der Waals surface area (Å²) in [5.41, 5.74) is 0.727. The summed E-state index contributed by atoms with van der Waals surface area (Å²) in [6.07, 6.45) is 2.33. The first kappa shape index (κ1) is 15.5. The number of nitriles is 1. The molecule has 2 rings (SSSR count). The van der Waals surface area contributed by atoms with Crippen molar-refractivity contribution in [3.63, 3.8) is 0 Å². The first-order valence-electron chi connectivity index (χ1n) is 7.35. The molecule has 4 heteroatoms. The average Bonchev–Trinajstić information content (AvgIpc) is 2.53. The number of hydrogen-bond acceptors (Lipinski definition) is 3. The van der Waals surface area contributed by atoms with Crippen LogP contribution in [0.2, 0.25) is 0 Å². The van der Waals surface area contributed by atoms with Gasteiger partial charge in [-0.1, -0.05) is 30.3 Å². The topological polar surface area (TPSA) is 53.3 Å². The number of rotatable bonds is 4. The van der Waals surface area contributed by atoms with E-state index in [9.17, 15) is 10.1 Å². The Balaban J connectivity index is 2.05. The van der Waals surface area contributed by atoms with E-state index in [4.69, 9.17) is 4.74 Å². The van der Waals surface area contributed by atoms with Gasteiger partial charge in [0.2, 0.25) is 5.91 Å². The molecule has 1 heterocycles. The van der Waals surface area contributed by atoms with Crippen molar-refractivity contribution in [2.75, 3.05) is 20.2 Å². The third kappa shape index (κ3) is 3.83. The predicted octanol–water partition coefficient (Wildman–Crippen LogP) is 2.40. The van der Waals surface area contributed by atoms with Gasteiger partial charge in [0.15, 0.2) is 0 Å². The molecule has 1 saturated heterocycles. The molecule has 21 heavy (non-hydrogen) atoms. The van der Waals surface area contributed by atoms with Gasteiger partial charge in [0, 0.05) is 20.2 Å². The zero-order valence-corrected chi connectivity index (χ0v) is 12.7. The van der Waals surface area contributed by atoms with E-state index >= 15 is 0 Å². The van der Waals surface area contributed by atoms with E-state index in [1.807, 2.05) is 37.3 Å². The van der Waals surface area contributed by atoms with Gasteiger partial charge in [0.25, 0.3) is 0 Å². The highest BCUT2D eigenvalue weighted by Crippen LogP contribution is 2.25. The van der Waals surface area contributed by atoms with Crippen LogP contribution in [-0.2, 0) is 16.0 Å². The highest BCUT2D eigenvalue weighted by atomic mass is 16.5. The van der Waals surface area contributed by atoms with Gasteiger partial charge in [-0.3, -0.25) is 4.79 Å². The molecule has 1 amide bonds. The minimum Gasteiger partial charge on any atom is -0.377 e. The van der Waals surface area contributed by atoms with Crippen LogP contribution < -0.4 is 0 Å². The van der Waals surface area contributed by atoms with Gasteiger partial charge in [0.1, 0.15) is 5.92 Å². The summed E-state index contributed by atoms with van der Waals surface area (Å²) in [5, 5.41) is 9.35. The van der Waals surface area contributed by atoms with Crippen molar-refractivity contribution in [1.29, 1.82) is 5.26 Å². The molecule has 2 atom stereocenters. The Hall–Kier alpha value is -1.86. The monoisotopic (exact) mass is 286 g/mol. The fourth-order valence-corrected chi connectivity index (χ4v) is 2.82. The van der Waals surface area contributed by atoms with E-state index in [1.165, 1.54) is 0 Å². The van der Waals surface area contributed by atoms with Gasteiger partial charge in [-0.2, -0.15) is 5.26 Å². The Kier molecular flexibility index (Phi) is 4.98. The Morgan fingerprint density at radius 1 is 1.48 bits per heavy atom. The van der Waals surface area contributed by atoms with Crippen LogP contribution in [0.3, 0.4) is 0 Å². The standard InChI is InChI=1S/C17H22N2O2/c1-17(21-2)9-6-10-19(13-17)16(20)15(12-18)11-14-7-4-3-5-8-14/h3-5,7-8,15H,6,9-11,13H2,1-2H3. The number of likely N-dealkylation sites (tertiary alicyclic amines) is 1. The van der Waals surface area contributed by atoms with Gasteiger partial charge in [-0.05, 0) is 31.7 Å². The molecule has 0 aromatic heterocycles. The van der Waals surface area contributed by atoms with Crippen molar-refractivity contribution in [2.45, 2.75) is 31.8 Å². The Bertz CT molecular complexity index is 523. The summed E-state index contributed by atoms with van der Waals surface area (Å²) >= 11 is 0. The molecule has 1 fully saturated rings. The lowest BCUT2D eigenvalue weighted by Crippen LogP contribution is -2.51. The Morgan fingerprint density at radius 3 is 2.81 bits per heavy atom. The zero-order chi connectivity index (χ0) is 15.3. The number of piperidine rings is 1. The summed E-state index contributed by atoms with van der Waals surface area (Å²) in [6, 6.07) is 11.9. The van der Waals surface area contributed by atoms with Crippen molar-refractivity contribution in [3.8, 4) is 6.07 Å². The molecule has 2 unspecified atom stereocenters. The molecule has 1 aromatic carbocycles. The SMILES string of the molecule is COC1(C)CCCN(C(=O)C(C#N)Cc2ccccc2)C1. The number of methoxy groups -OCH3 is 1. The second-order valence-electron chi connectivity index (χ2n) is 5.89. The van der Waals surface area contributed by atoms with Crippen LogP contribution in [-0.4, -0.2) is 36.6 Å². The maximum Gasteiger partial charge on any atom is 0.240 e. The van der Waals surface area contributed by atoms with Crippen LogP contribution in [0.15, 0.2) is 30.3 Å². The lowest BCUT2D eigenvalue weighted by atomic mass is 9.92. The molecule has 4 nitrogen and oxygen atoms in total. The van der Waals surface area contributed by atoms with Crippen LogP contribution in [0.1, 0.15) is 25.3 Å². The molecular formula is C17H22N2O2. The van der Waals surface area contributed by atoms with Gasteiger partial charge in [0.05, 0.1) is 11.7 Å². The summed E-state index contributed by atoms with van der Waals surface area (Å²) < 4.78 is 5.51. The van der Waals surface area contributed by atoms with Crippen molar-refractivity contribution in [3.05, 3.63) is 35.9 Å². The number of nitrogens with zero attached hydrogens (tertiary/aromatic N) is 2. The molecule has 0 spiro atoms. The van der Waals surface area contributed by atoms with Crippen molar-refractivity contribution in [2.24, 2.45) is 5.92 Å². The zero-order valence-electron chi connectivity index (χ0n) is 12.7. The lowest BCUT2D eigenvalue weighted by molar-refractivity contribution is -0.141. The number of carbonyl (C=O) groups excluding carboxylic acids is 1. The third-order valence-electron chi connectivity index (χ3n) is 4.20. The van der Waals surface area contributed by atoms with Gasteiger partial charge >= 0.3 is 0 Å². The quantitative estimate of drug-likeness (QED) is 0.854. The molecule has 0 bridgehead atoms. The summed E-state index contributed by atoms with van der Waals surface area (Å²) in [6.45, 7) is 3.30. The molecule has 0 aliphatic carbocycles. The van der Waals surface area contributed by atoms with Gasteiger partial charge in [-0.25, -0.2) is 0 Å². The van der Waals surface area contributed by atoms with E-state index in [0.717, 1.165) is 18.4 Å². The van der Waals surface area contributed by atoms with Gasteiger partial charge in [-0.15, -0.1) is 0 Å². The molecule has 0 saturated carbocycles. The summed E-state index contributed by atoms with van der Waals surface area (Å²) in [4.78, 5) is 14.4. The number of benzene rings is 1. The maximum absolute atomic E-state index is 12.6. The van der Waals surface area contributed by atoms with E-state index < -0.39 is 5.92 Å². The molecule has 0 radical (unpaired) electrons. The fraction of sp³-hybridized carbons (Fsp3) is 0.529. The van der Waals surface area contributed by atoms with Crippen LogP contribution in [0.4, 0.5) is 0 Å². The van der Waals surface area contributed by atoms with E-state index in [2.05, 4.69) is 6.07 Å². The number of carbonyl (C=O) groups is 1. The first-order valence-corrected chi connectivity index (χ1v) is 7.35. The van der Waals surface area contributed by atoms with Crippen LogP contribution in [0.5, 0.6) is 0 Å². The lowest BCUT2D eigenvalue weighted by Gasteiger charge is -2.40. The summed E-state index contributed by atoms with van der Waals surface area (Å²) in [5.74, 6) is -0.698. The molecule has 1 aliphatic rings. The second-order valence-corrected chi connectivity index (χ2v) is 5.89. The number of hydrogen-bond donors (Lipinski definition) is 0. The highest BCUT2D eigenvalue weighted by molar-refractivity contribution is 5.81. The minimum atomic E-state index is -0.619. The van der Waals surface area contributed by atoms with Crippen molar-refractivity contribution in [1.82, 2.24) is 4.90 Å². The highest BCUT2D eigenvalue weighted by Gasteiger charge is 2.35. The Labute approximate surface area is 126 Å². The van der Waals surface area contributed by atoms with E-state index in [1.54, 1.807) is 12.0 Å². The molecule has 0 N–H and O–H groups in total. The Morgan fingerprint density at radius 2 is 2.19 bits per heavy atom.